The summed E-state index contributed by atoms with van der Waals surface area (Å²) in [5.41, 5.74) is 3.84. The van der Waals surface area contributed by atoms with Crippen molar-refractivity contribution >= 4 is 23.3 Å². The van der Waals surface area contributed by atoms with Crippen molar-refractivity contribution < 1.29 is 0 Å². The Hall–Kier alpha value is -1.13. The SMILES string of the molecule is CC(C)CN1Cc2cccc3[nH]c(=S)n(c23)[C@@H](C)[C@@H]1C. The van der Waals surface area contributed by atoms with E-state index in [4.69, 9.17) is 12.2 Å². The standard InChI is InChI=1S/C16H23N3S/c1-10(2)8-18-9-13-6-5-7-14-15(13)19(16(20)17-14)12(4)11(18)3/h5-7,10-12H,8-9H2,1-4H3,(H,17,20)/t11-,12-/m0/s1. The minimum absolute atomic E-state index is 0.388. The summed E-state index contributed by atoms with van der Waals surface area (Å²) in [6, 6.07) is 7.36. The average Bonchev–Trinajstić information content (AvgIpc) is 2.67. The third kappa shape index (κ3) is 2.11. The van der Waals surface area contributed by atoms with Crippen molar-refractivity contribution in [1.82, 2.24) is 14.5 Å². The average molecular weight is 289 g/mol. The fraction of sp³-hybridized carbons (Fsp3) is 0.562. The predicted molar refractivity (Wildman–Crippen MR) is 86.5 cm³/mol. The third-order valence-electron chi connectivity index (χ3n) is 4.48. The zero-order valence-electron chi connectivity index (χ0n) is 12.7. The molecule has 0 aliphatic carbocycles. The molecule has 2 heterocycles. The number of H-pyrrole nitrogens is 1. The molecule has 3 nitrogen and oxygen atoms in total. The molecule has 1 aromatic heterocycles. The summed E-state index contributed by atoms with van der Waals surface area (Å²) in [6.07, 6.45) is 0. The molecule has 0 amide bonds. The summed E-state index contributed by atoms with van der Waals surface area (Å²) in [6.45, 7) is 11.3. The van der Waals surface area contributed by atoms with Crippen LogP contribution in [-0.2, 0) is 6.54 Å². The highest BCUT2D eigenvalue weighted by molar-refractivity contribution is 7.71. The first kappa shape index (κ1) is 13.8. The van der Waals surface area contributed by atoms with Crippen molar-refractivity contribution in [2.75, 3.05) is 6.54 Å². The van der Waals surface area contributed by atoms with Crippen LogP contribution in [-0.4, -0.2) is 27.0 Å². The van der Waals surface area contributed by atoms with Crippen molar-refractivity contribution in [2.24, 2.45) is 5.92 Å². The molecule has 0 saturated heterocycles. The van der Waals surface area contributed by atoms with Crippen molar-refractivity contribution in [3.05, 3.63) is 28.5 Å². The fourth-order valence-electron chi connectivity index (χ4n) is 3.35. The van der Waals surface area contributed by atoms with Gasteiger partial charge in [0, 0.05) is 25.2 Å². The lowest BCUT2D eigenvalue weighted by Crippen LogP contribution is -2.38. The maximum absolute atomic E-state index is 5.55. The number of para-hydroxylation sites is 1. The van der Waals surface area contributed by atoms with E-state index in [-0.39, 0.29) is 0 Å². The van der Waals surface area contributed by atoms with Gasteiger partial charge < -0.3 is 9.55 Å². The second-order valence-corrected chi connectivity index (χ2v) is 6.80. The third-order valence-corrected chi connectivity index (χ3v) is 4.77. The predicted octanol–water partition coefficient (Wildman–Crippen LogP) is 4.12. The lowest BCUT2D eigenvalue weighted by molar-refractivity contribution is 0.146. The van der Waals surface area contributed by atoms with E-state index < -0.39 is 0 Å². The van der Waals surface area contributed by atoms with Gasteiger partial charge in [0.05, 0.1) is 11.0 Å². The van der Waals surface area contributed by atoms with Crippen LogP contribution in [0.2, 0.25) is 0 Å². The topological polar surface area (TPSA) is 24.0 Å². The van der Waals surface area contributed by atoms with Crippen molar-refractivity contribution in [3.63, 3.8) is 0 Å². The summed E-state index contributed by atoms with van der Waals surface area (Å²) < 4.78 is 3.16. The number of hydrogen-bond donors (Lipinski definition) is 1. The molecule has 1 aromatic carbocycles. The molecule has 0 spiro atoms. The van der Waals surface area contributed by atoms with Crippen LogP contribution < -0.4 is 0 Å². The molecular formula is C16H23N3S. The summed E-state index contributed by atoms with van der Waals surface area (Å²) in [4.78, 5) is 5.94. The Balaban J connectivity index is 2.18. The molecular weight excluding hydrogens is 266 g/mol. The zero-order valence-corrected chi connectivity index (χ0v) is 13.5. The largest absolute Gasteiger partial charge is 0.331 e. The number of nitrogens with zero attached hydrogens (tertiary/aromatic N) is 2. The molecule has 1 N–H and O–H groups in total. The highest BCUT2D eigenvalue weighted by Crippen LogP contribution is 2.31. The second kappa shape index (κ2) is 5.01. The molecule has 1 aliphatic heterocycles. The Labute approximate surface area is 125 Å². The van der Waals surface area contributed by atoms with Crippen molar-refractivity contribution in [1.29, 1.82) is 0 Å². The van der Waals surface area contributed by atoms with Crippen LogP contribution in [0.25, 0.3) is 11.0 Å². The highest BCUT2D eigenvalue weighted by atomic mass is 32.1. The van der Waals surface area contributed by atoms with Crippen molar-refractivity contribution in [2.45, 2.75) is 46.3 Å². The van der Waals surface area contributed by atoms with E-state index in [2.05, 4.69) is 60.3 Å². The summed E-state index contributed by atoms with van der Waals surface area (Å²) in [7, 11) is 0. The Morgan fingerprint density at radius 2 is 2.05 bits per heavy atom. The second-order valence-electron chi connectivity index (χ2n) is 6.42. The quantitative estimate of drug-likeness (QED) is 0.841. The van der Waals surface area contributed by atoms with Gasteiger partial charge in [0.25, 0.3) is 0 Å². The first-order valence-corrected chi connectivity index (χ1v) is 7.86. The zero-order chi connectivity index (χ0) is 14.4. The van der Waals surface area contributed by atoms with Crippen LogP contribution in [0.1, 0.15) is 39.3 Å². The number of rotatable bonds is 2. The summed E-state index contributed by atoms with van der Waals surface area (Å²) >= 11 is 5.55. The number of aromatic nitrogens is 2. The Kier molecular flexibility index (Phi) is 3.46. The Morgan fingerprint density at radius 1 is 1.30 bits per heavy atom. The molecule has 20 heavy (non-hydrogen) atoms. The van der Waals surface area contributed by atoms with Crippen LogP contribution in [0.5, 0.6) is 0 Å². The van der Waals surface area contributed by atoms with Gasteiger partial charge >= 0.3 is 0 Å². The normalized spacial score (nSPS) is 23.4. The molecule has 2 aromatic rings. The molecule has 3 rings (SSSR count). The molecule has 4 heteroatoms. The van der Waals surface area contributed by atoms with Gasteiger partial charge in [-0.15, -0.1) is 0 Å². The molecule has 0 saturated carbocycles. The first-order chi connectivity index (χ1) is 9.49. The smallest absolute Gasteiger partial charge is 0.178 e. The number of nitrogens with one attached hydrogen (secondary N) is 1. The number of benzene rings is 1. The maximum atomic E-state index is 5.55. The van der Waals surface area contributed by atoms with Gasteiger partial charge in [-0.2, -0.15) is 0 Å². The lowest BCUT2D eigenvalue weighted by Gasteiger charge is -2.32. The van der Waals surface area contributed by atoms with Crippen LogP contribution >= 0.6 is 12.2 Å². The summed E-state index contributed by atoms with van der Waals surface area (Å²) in [5.74, 6) is 0.677. The van der Waals surface area contributed by atoms with E-state index >= 15 is 0 Å². The fourth-order valence-corrected chi connectivity index (χ4v) is 3.72. The molecule has 108 valence electrons. The van der Waals surface area contributed by atoms with Crippen LogP contribution in [0.15, 0.2) is 18.2 Å². The monoisotopic (exact) mass is 289 g/mol. The van der Waals surface area contributed by atoms with Gasteiger partial charge in [0.15, 0.2) is 4.77 Å². The molecule has 0 unspecified atom stereocenters. The molecule has 1 aliphatic rings. The summed E-state index contributed by atoms with van der Waals surface area (Å²) in [5, 5.41) is 0. The maximum Gasteiger partial charge on any atom is 0.178 e. The van der Waals surface area contributed by atoms with Gasteiger partial charge in [-0.25, -0.2) is 0 Å². The Bertz CT molecular complexity index is 683. The van der Waals surface area contributed by atoms with Crippen LogP contribution in [0.3, 0.4) is 0 Å². The van der Waals surface area contributed by atoms with Crippen LogP contribution in [0.4, 0.5) is 0 Å². The molecule has 0 radical (unpaired) electrons. The van der Waals surface area contributed by atoms with Gasteiger partial charge in [-0.1, -0.05) is 26.0 Å². The van der Waals surface area contributed by atoms with Gasteiger partial charge in [-0.05, 0) is 43.6 Å². The number of imidazole rings is 1. The minimum atomic E-state index is 0.388. The molecule has 0 bridgehead atoms. The first-order valence-electron chi connectivity index (χ1n) is 7.45. The van der Waals surface area contributed by atoms with Crippen LogP contribution in [0, 0.1) is 10.7 Å². The number of hydrogen-bond acceptors (Lipinski definition) is 2. The van der Waals surface area contributed by atoms with E-state index in [1.807, 2.05) is 0 Å². The lowest BCUT2D eigenvalue weighted by atomic mass is 10.1. The van der Waals surface area contributed by atoms with E-state index in [0.29, 0.717) is 18.0 Å². The minimum Gasteiger partial charge on any atom is -0.331 e. The van der Waals surface area contributed by atoms with Gasteiger partial charge in [0.1, 0.15) is 0 Å². The van der Waals surface area contributed by atoms with Crippen molar-refractivity contribution in [3.8, 4) is 0 Å². The van der Waals surface area contributed by atoms with Gasteiger partial charge in [0.2, 0.25) is 0 Å². The Morgan fingerprint density at radius 3 is 2.75 bits per heavy atom. The van der Waals surface area contributed by atoms with E-state index in [1.165, 1.54) is 11.1 Å². The molecule has 2 atom stereocenters. The van der Waals surface area contributed by atoms with E-state index in [0.717, 1.165) is 23.4 Å². The molecule has 0 fully saturated rings. The van der Waals surface area contributed by atoms with E-state index in [9.17, 15) is 0 Å². The highest BCUT2D eigenvalue weighted by Gasteiger charge is 2.28. The number of aromatic amines is 1. The van der Waals surface area contributed by atoms with E-state index in [1.54, 1.807) is 0 Å². The van der Waals surface area contributed by atoms with Gasteiger partial charge in [-0.3, -0.25) is 4.90 Å².